The van der Waals surface area contributed by atoms with Gasteiger partial charge < -0.3 is 0 Å². The van der Waals surface area contributed by atoms with Crippen molar-refractivity contribution in [2.75, 3.05) is 0 Å². The van der Waals surface area contributed by atoms with Gasteiger partial charge in [-0.25, -0.2) is 4.98 Å². The van der Waals surface area contributed by atoms with Crippen LogP contribution in [-0.4, -0.2) is 4.98 Å². The highest BCUT2D eigenvalue weighted by Gasteiger charge is 2.47. The summed E-state index contributed by atoms with van der Waals surface area (Å²) in [5.74, 6) is 0. The third-order valence-corrected chi connectivity index (χ3v) is 4.21. The first-order chi connectivity index (χ1) is 8.25. The Labute approximate surface area is 105 Å². The fourth-order valence-electron chi connectivity index (χ4n) is 1.98. The second-order valence-electron chi connectivity index (χ2n) is 4.55. The summed E-state index contributed by atoms with van der Waals surface area (Å²) >= 11 is 1.64. The zero-order chi connectivity index (χ0) is 11.9. The van der Waals surface area contributed by atoms with E-state index < -0.39 is 0 Å². The molecule has 0 N–H and O–H groups in total. The van der Waals surface area contributed by atoms with Gasteiger partial charge in [-0.05, 0) is 25.3 Å². The normalized spacial score (nSPS) is 16.5. The fraction of sp³-hybridized carbons (Fsp3) is 0.286. The lowest BCUT2D eigenvalue weighted by molar-refractivity contribution is 0.868. The van der Waals surface area contributed by atoms with Crippen molar-refractivity contribution >= 4 is 11.3 Å². The van der Waals surface area contributed by atoms with Crippen LogP contribution in [-0.2, 0) is 5.41 Å². The number of hydrogen-bond acceptors (Lipinski definition) is 3. The lowest BCUT2D eigenvalue weighted by atomic mass is 10.1. The molecule has 1 heterocycles. The van der Waals surface area contributed by atoms with Crippen LogP contribution in [0.2, 0.25) is 0 Å². The zero-order valence-electron chi connectivity index (χ0n) is 9.60. The predicted octanol–water partition coefficient (Wildman–Crippen LogP) is 3.67. The van der Waals surface area contributed by atoms with Gasteiger partial charge in [0.2, 0.25) is 0 Å². The lowest BCUT2D eigenvalue weighted by Crippen LogP contribution is -2.02. The predicted molar refractivity (Wildman–Crippen MR) is 68.8 cm³/mol. The number of nitriles is 1. The highest BCUT2D eigenvalue weighted by Crippen LogP contribution is 2.48. The number of aryl methyl sites for hydroxylation is 1. The van der Waals surface area contributed by atoms with Crippen molar-refractivity contribution in [3.05, 3.63) is 40.9 Å². The third kappa shape index (κ3) is 1.65. The van der Waals surface area contributed by atoms with Crippen LogP contribution >= 0.6 is 11.3 Å². The van der Waals surface area contributed by atoms with E-state index in [1.165, 1.54) is 11.1 Å². The van der Waals surface area contributed by atoms with Gasteiger partial charge in [0.15, 0.2) is 0 Å². The summed E-state index contributed by atoms with van der Waals surface area (Å²) in [6.07, 6.45) is 1.92. The van der Waals surface area contributed by atoms with Gasteiger partial charge in [-0.2, -0.15) is 5.26 Å². The molecular formula is C14H12N2S. The Bertz CT molecular complexity index is 603. The average molecular weight is 240 g/mol. The van der Waals surface area contributed by atoms with Crippen molar-refractivity contribution in [2.24, 2.45) is 0 Å². The number of nitrogens with zero attached hydrogens (tertiary/aromatic N) is 2. The molecule has 0 unspecified atom stereocenters. The van der Waals surface area contributed by atoms with E-state index in [2.05, 4.69) is 30.1 Å². The van der Waals surface area contributed by atoms with E-state index >= 15 is 0 Å². The maximum atomic E-state index is 9.16. The molecule has 1 aromatic heterocycles. The molecule has 0 atom stereocenters. The van der Waals surface area contributed by atoms with E-state index in [1.54, 1.807) is 11.3 Å². The van der Waals surface area contributed by atoms with E-state index in [4.69, 9.17) is 5.26 Å². The quantitative estimate of drug-likeness (QED) is 0.803. The highest BCUT2D eigenvalue weighted by molar-refractivity contribution is 7.13. The van der Waals surface area contributed by atoms with Crippen LogP contribution in [0.5, 0.6) is 0 Å². The molecular weight excluding hydrogens is 228 g/mol. The molecule has 1 aromatic carbocycles. The molecule has 2 aromatic rings. The van der Waals surface area contributed by atoms with Crippen molar-refractivity contribution in [1.82, 2.24) is 4.98 Å². The molecule has 1 saturated carbocycles. The summed E-state index contributed by atoms with van der Waals surface area (Å²) in [4.78, 5) is 4.64. The van der Waals surface area contributed by atoms with Gasteiger partial charge in [-0.1, -0.05) is 24.3 Å². The van der Waals surface area contributed by atoms with Gasteiger partial charge in [0.05, 0.1) is 11.8 Å². The maximum absolute atomic E-state index is 9.16. The Morgan fingerprint density at radius 3 is 2.76 bits per heavy atom. The molecule has 17 heavy (non-hydrogen) atoms. The van der Waals surface area contributed by atoms with E-state index in [-0.39, 0.29) is 5.41 Å². The summed E-state index contributed by atoms with van der Waals surface area (Å²) in [5, 5.41) is 12.2. The van der Waals surface area contributed by atoms with Crippen LogP contribution < -0.4 is 0 Å². The molecule has 0 spiro atoms. The monoisotopic (exact) mass is 240 g/mol. The van der Waals surface area contributed by atoms with Crippen LogP contribution in [0.15, 0.2) is 29.6 Å². The molecule has 1 aliphatic carbocycles. The number of thiazole rings is 1. The Hall–Kier alpha value is -1.66. The minimum absolute atomic E-state index is 0.266. The molecule has 1 aliphatic rings. The van der Waals surface area contributed by atoms with Gasteiger partial charge in [0, 0.05) is 10.9 Å². The van der Waals surface area contributed by atoms with Gasteiger partial charge in [0.1, 0.15) is 10.4 Å². The van der Waals surface area contributed by atoms with Crippen LogP contribution in [0, 0.1) is 18.3 Å². The first-order valence-electron chi connectivity index (χ1n) is 5.68. The SMILES string of the molecule is Cc1ccccc1-c1nc(C2(C#N)CC2)cs1. The van der Waals surface area contributed by atoms with Crippen LogP contribution in [0.4, 0.5) is 0 Å². The standard InChI is InChI=1S/C14H12N2S/c1-10-4-2-3-5-11(10)13-16-12(8-17-13)14(9-15)6-7-14/h2-5,8H,6-7H2,1H3. The Kier molecular flexibility index (Phi) is 2.27. The van der Waals surface area contributed by atoms with Crippen LogP contribution in [0.3, 0.4) is 0 Å². The van der Waals surface area contributed by atoms with Crippen LogP contribution in [0.25, 0.3) is 10.6 Å². The van der Waals surface area contributed by atoms with Gasteiger partial charge in [0.25, 0.3) is 0 Å². The number of benzene rings is 1. The smallest absolute Gasteiger partial charge is 0.123 e. The summed E-state index contributed by atoms with van der Waals surface area (Å²) in [6.45, 7) is 2.09. The largest absolute Gasteiger partial charge is 0.239 e. The second kappa shape index (κ2) is 3.68. The first kappa shape index (κ1) is 10.5. The number of hydrogen-bond donors (Lipinski definition) is 0. The average Bonchev–Trinajstić information content (AvgIpc) is 3.00. The number of aromatic nitrogens is 1. The Morgan fingerprint density at radius 2 is 2.12 bits per heavy atom. The first-order valence-corrected chi connectivity index (χ1v) is 6.56. The molecule has 2 nitrogen and oxygen atoms in total. The summed E-state index contributed by atoms with van der Waals surface area (Å²) in [6, 6.07) is 10.6. The molecule has 0 saturated heterocycles. The van der Waals surface area contributed by atoms with E-state index in [9.17, 15) is 0 Å². The van der Waals surface area contributed by atoms with Gasteiger partial charge in [-0.3, -0.25) is 0 Å². The van der Waals surface area contributed by atoms with Gasteiger partial charge >= 0.3 is 0 Å². The van der Waals surface area contributed by atoms with E-state index in [0.717, 1.165) is 23.5 Å². The van der Waals surface area contributed by atoms with Gasteiger partial charge in [-0.15, -0.1) is 11.3 Å². The molecule has 0 bridgehead atoms. The van der Waals surface area contributed by atoms with Crippen LogP contribution in [0.1, 0.15) is 24.1 Å². The van der Waals surface area contributed by atoms with Crippen molar-refractivity contribution in [1.29, 1.82) is 5.26 Å². The summed E-state index contributed by atoms with van der Waals surface area (Å²) < 4.78 is 0. The second-order valence-corrected chi connectivity index (χ2v) is 5.40. The zero-order valence-corrected chi connectivity index (χ0v) is 10.4. The minimum atomic E-state index is -0.266. The van der Waals surface area contributed by atoms with E-state index in [1.807, 2.05) is 17.5 Å². The lowest BCUT2D eigenvalue weighted by Gasteiger charge is -2.01. The minimum Gasteiger partial charge on any atom is -0.239 e. The van der Waals surface area contributed by atoms with Crippen molar-refractivity contribution in [2.45, 2.75) is 25.2 Å². The molecule has 0 radical (unpaired) electrons. The topological polar surface area (TPSA) is 36.7 Å². The van der Waals surface area contributed by atoms with Crippen molar-refractivity contribution < 1.29 is 0 Å². The molecule has 1 fully saturated rings. The van der Waals surface area contributed by atoms with Crippen molar-refractivity contribution in [3.63, 3.8) is 0 Å². The Balaban J connectivity index is 2.02. The fourth-order valence-corrected chi connectivity index (χ4v) is 2.99. The number of rotatable bonds is 2. The summed E-state index contributed by atoms with van der Waals surface area (Å²) in [7, 11) is 0. The third-order valence-electron chi connectivity index (χ3n) is 3.33. The highest BCUT2D eigenvalue weighted by atomic mass is 32.1. The summed E-state index contributed by atoms with van der Waals surface area (Å²) in [5.41, 5.74) is 3.10. The Morgan fingerprint density at radius 1 is 1.35 bits per heavy atom. The molecule has 0 aliphatic heterocycles. The van der Waals surface area contributed by atoms with Crippen molar-refractivity contribution in [3.8, 4) is 16.6 Å². The maximum Gasteiger partial charge on any atom is 0.123 e. The van der Waals surface area contributed by atoms with E-state index in [0.29, 0.717) is 0 Å². The molecule has 84 valence electrons. The molecule has 0 amide bonds. The molecule has 3 rings (SSSR count). The molecule has 3 heteroatoms.